The van der Waals surface area contributed by atoms with E-state index in [1.807, 2.05) is 0 Å². The van der Waals surface area contributed by atoms with E-state index in [9.17, 15) is 20.0 Å². The number of carboxylic acids is 1. The van der Waals surface area contributed by atoms with Gasteiger partial charge in [-0.05, 0) is 30.3 Å². The first-order valence-corrected chi connectivity index (χ1v) is 8.20. The summed E-state index contributed by atoms with van der Waals surface area (Å²) in [5.41, 5.74) is 2.51. The van der Waals surface area contributed by atoms with E-state index in [-0.39, 0.29) is 11.3 Å². The maximum atomic E-state index is 11.2. The monoisotopic (exact) mass is 375 g/mol. The van der Waals surface area contributed by atoms with Crippen molar-refractivity contribution in [2.75, 3.05) is 5.32 Å². The Labute approximate surface area is 158 Å². The third kappa shape index (κ3) is 3.12. The molecule has 0 aliphatic carbocycles. The van der Waals surface area contributed by atoms with Crippen molar-refractivity contribution in [2.45, 2.75) is 0 Å². The molecule has 0 atom stereocenters. The Balaban J connectivity index is 1.83. The summed E-state index contributed by atoms with van der Waals surface area (Å²) >= 11 is 0. The number of nitrogens with one attached hydrogen (secondary N) is 1. The van der Waals surface area contributed by atoms with Gasteiger partial charge in [0.2, 0.25) is 0 Å². The number of rotatable bonds is 5. The topological polar surface area (TPSA) is 123 Å². The van der Waals surface area contributed by atoms with Crippen molar-refractivity contribution >= 4 is 28.8 Å². The molecule has 4 aromatic rings. The number of carbonyl (C=O) groups is 1. The molecule has 0 fully saturated rings. The lowest BCUT2D eigenvalue weighted by atomic mass is 10.1. The molecule has 4 rings (SSSR count). The average Bonchev–Trinajstić information content (AvgIpc) is 3.07. The van der Waals surface area contributed by atoms with E-state index in [1.54, 1.807) is 47.3 Å². The number of fused-ring (bicyclic) bond motifs is 1. The van der Waals surface area contributed by atoms with Crippen LogP contribution in [0.2, 0.25) is 0 Å². The maximum Gasteiger partial charge on any atom is 0.335 e. The first-order chi connectivity index (χ1) is 13.5. The lowest BCUT2D eigenvalue weighted by Crippen LogP contribution is -2.00. The molecule has 0 aliphatic heterocycles. The van der Waals surface area contributed by atoms with Gasteiger partial charge >= 0.3 is 5.97 Å². The molecule has 2 aromatic heterocycles. The minimum absolute atomic E-state index is 0.0159. The fourth-order valence-electron chi connectivity index (χ4n) is 2.84. The van der Waals surface area contributed by atoms with Gasteiger partial charge in [0.15, 0.2) is 5.65 Å². The maximum absolute atomic E-state index is 11.2. The van der Waals surface area contributed by atoms with Crippen molar-refractivity contribution < 1.29 is 14.8 Å². The molecule has 9 nitrogen and oxygen atoms in total. The number of nitro groups is 1. The molecule has 2 heterocycles. The van der Waals surface area contributed by atoms with Gasteiger partial charge in [-0.15, -0.1) is 0 Å². The van der Waals surface area contributed by atoms with Gasteiger partial charge in [0, 0.05) is 35.8 Å². The molecule has 138 valence electrons. The standard InChI is InChI=1S/C19H13N5O4/c25-19(26)13-2-1-3-14(10-13)21-18-17(22-16-11-20-8-9-23(16)18)12-4-6-15(7-5-12)24(27)28/h1-11,21H,(H,25,26). The van der Waals surface area contributed by atoms with Crippen LogP contribution in [0.5, 0.6) is 0 Å². The lowest BCUT2D eigenvalue weighted by Gasteiger charge is -2.09. The number of anilines is 2. The summed E-state index contributed by atoms with van der Waals surface area (Å²) in [4.78, 5) is 30.3. The second kappa shape index (κ2) is 6.80. The molecular weight excluding hydrogens is 362 g/mol. The second-order valence-electron chi connectivity index (χ2n) is 5.93. The first kappa shape index (κ1) is 17.2. The van der Waals surface area contributed by atoms with Crippen LogP contribution in [0.4, 0.5) is 17.2 Å². The zero-order valence-corrected chi connectivity index (χ0v) is 14.3. The van der Waals surface area contributed by atoms with Gasteiger partial charge in [-0.3, -0.25) is 19.5 Å². The Morgan fingerprint density at radius 1 is 1.18 bits per heavy atom. The van der Waals surface area contributed by atoms with E-state index >= 15 is 0 Å². The number of hydrogen-bond donors (Lipinski definition) is 2. The van der Waals surface area contributed by atoms with Crippen molar-refractivity contribution in [2.24, 2.45) is 0 Å². The minimum atomic E-state index is -1.03. The molecule has 0 radical (unpaired) electrons. The number of imidazole rings is 1. The highest BCUT2D eigenvalue weighted by atomic mass is 16.6. The van der Waals surface area contributed by atoms with Crippen LogP contribution in [0.1, 0.15) is 10.4 Å². The highest BCUT2D eigenvalue weighted by Crippen LogP contribution is 2.32. The van der Waals surface area contributed by atoms with E-state index < -0.39 is 10.9 Å². The summed E-state index contributed by atoms with van der Waals surface area (Å²) in [5.74, 6) is -0.435. The van der Waals surface area contributed by atoms with Gasteiger partial charge in [-0.25, -0.2) is 9.78 Å². The van der Waals surface area contributed by atoms with Gasteiger partial charge in [0.05, 0.1) is 16.7 Å². The van der Waals surface area contributed by atoms with Gasteiger partial charge < -0.3 is 10.4 Å². The molecular formula is C19H13N5O4. The average molecular weight is 375 g/mol. The summed E-state index contributed by atoms with van der Waals surface area (Å²) in [7, 11) is 0. The first-order valence-electron chi connectivity index (χ1n) is 8.20. The van der Waals surface area contributed by atoms with Gasteiger partial charge in [0.1, 0.15) is 11.5 Å². The highest BCUT2D eigenvalue weighted by Gasteiger charge is 2.16. The molecule has 9 heteroatoms. The van der Waals surface area contributed by atoms with Gasteiger partial charge in [0.25, 0.3) is 5.69 Å². The van der Waals surface area contributed by atoms with Crippen LogP contribution in [0.25, 0.3) is 16.9 Å². The third-order valence-corrected chi connectivity index (χ3v) is 4.15. The van der Waals surface area contributed by atoms with E-state index in [0.29, 0.717) is 28.4 Å². The fourth-order valence-corrected chi connectivity index (χ4v) is 2.84. The molecule has 0 bridgehead atoms. The summed E-state index contributed by atoms with van der Waals surface area (Å²) in [6.07, 6.45) is 4.92. The number of aromatic carboxylic acids is 1. The molecule has 0 unspecified atom stereocenters. The summed E-state index contributed by atoms with van der Waals surface area (Å²) in [6, 6.07) is 12.5. The zero-order valence-electron chi connectivity index (χ0n) is 14.3. The number of hydrogen-bond acceptors (Lipinski definition) is 6. The van der Waals surface area contributed by atoms with Crippen molar-refractivity contribution in [3.05, 3.63) is 82.8 Å². The van der Waals surface area contributed by atoms with Crippen LogP contribution in [0.15, 0.2) is 67.1 Å². The zero-order chi connectivity index (χ0) is 19.7. The van der Waals surface area contributed by atoms with Crippen molar-refractivity contribution in [1.29, 1.82) is 0 Å². The molecule has 0 aliphatic rings. The third-order valence-electron chi connectivity index (χ3n) is 4.15. The van der Waals surface area contributed by atoms with Crippen LogP contribution < -0.4 is 5.32 Å². The number of benzene rings is 2. The smallest absolute Gasteiger partial charge is 0.335 e. The quantitative estimate of drug-likeness (QED) is 0.402. The van der Waals surface area contributed by atoms with E-state index in [1.165, 1.54) is 24.3 Å². The van der Waals surface area contributed by atoms with Crippen LogP contribution in [0, 0.1) is 10.1 Å². The van der Waals surface area contributed by atoms with Crippen molar-refractivity contribution in [3.8, 4) is 11.3 Å². The van der Waals surface area contributed by atoms with Crippen LogP contribution >= 0.6 is 0 Å². The fraction of sp³-hybridized carbons (Fsp3) is 0. The second-order valence-corrected chi connectivity index (χ2v) is 5.93. The largest absolute Gasteiger partial charge is 0.478 e. The molecule has 0 saturated heterocycles. The number of aromatic nitrogens is 3. The Kier molecular flexibility index (Phi) is 4.17. The number of nitrogens with zero attached hydrogens (tertiary/aromatic N) is 4. The summed E-state index contributed by atoms with van der Waals surface area (Å²) in [5, 5.41) is 23.3. The highest BCUT2D eigenvalue weighted by molar-refractivity contribution is 5.89. The summed E-state index contributed by atoms with van der Waals surface area (Å²) in [6.45, 7) is 0. The normalized spacial score (nSPS) is 10.7. The SMILES string of the molecule is O=C(O)c1cccc(Nc2c(-c3ccc([N+](=O)[O-])cc3)nc3cnccn23)c1. The molecule has 28 heavy (non-hydrogen) atoms. The lowest BCUT2D eigenvalue weighted by molar-refractivity contribution is -0.384. The van der Waals surface area contributed by atoms with E-state index in [0.717, 1.165) is 0 Å². The molecule has 0 amide bonds. The number of carboxylic acid groups (broad SMARTS) is 1. The molecule has 0 spiro atoms. The van der Waals surface area contributed by atoms with E-state index in [2.05, 4.69) is 15.3 Å². The Hall–Kier alpha value is -4.27. The van der Waals surface area contributed by atoms with Crippen molar-refractivity contribution in [3.63, 3.8) is 0 Å². The van der Waals surface area contributed by atoms with Crippen molar-refractivity contribution in [1.82, 2.24) is 14.4 Å². The van der Waals surface area contributed by atoms with E-state index in [4.69, 9.17) is 0 Å². The number of non-ortho nitro benzene ring substituents is 1. The molecule has 0 saturated carbocycles. The minimum Gasteiger partial charge on any atom is -0.478 e. The number of nitro benzene ring substituents is 1. The Bertz CT molecular complexity index is 1200. The Morgan fingerprint density at radius 2 is 1.96 bits per heavy atom. The Morgan fingerprint density at radius 3 is 2.68 bits per heavy atom. The molecule has 2 aromatic carbocycles. The predicted molar refractivity (Wildman–Crippen MR) is 102 cm³/mol. The molecule has 2 N–H and O–H groups in total. The van der Waals surface area contributed by atoms with Gasteiger partial charge in [-0.2, -0.15) is 0 Å². The van der Waals surface area contributed by atoms with Crippen LogP contribution in [-0.4, -0.2) is 30.4 Å². The predicted octanol–water partition coefficient (Wildman–Crippen LogP) is 3.75. The van der Waals surface area contributed by atoms with Crippen LogP contribution in [0.3, 0.4) is 0 Å². The van der Waals surface area contributed by atoms with Gasteiger partial charge in [-0.1, -0.05) is 6.07 Å². The van der Waals surface area contributed by atoms with Crippen LogP contribution in [-0.2, 0) is 0 Å². The summed E-state index contributed by atoms with van der Waals surface area (Å²) < 4.78 is 1.77.